The number of carboxylic acid groups (broad SMARTS) is 2. The number of ether oxygens (including phenoxy) is 2. The lowest BCUT2D eigenvalue weighted by Crippen LogP contribution is -2.31. The molecule has 0 radical (unpaired) electrons. The molecule has 2 fully saturated rings. The summed E-state index contributed by atoms with van der Waals surface area (Å²) in [5.41, 5.74) is 0.335. The molecule has 4 atom stereocenters. The average Bonchev–Trinajstić information content (AvgIpc) is 3.04. The second kappa shape index (κ2) is 12.3. The molecule has 3 rings (SSSR count). The van der Waals surface area contributed by atoms with Crippen molar-refractivity contribution in [3.63, 3.8) is 0 Å². The number of rotatable bonds is 3. The molecule has 4 unspecified atom stereocenters. The first-order chi connectivity index (χ1) is 14.4. The monoisotopic (exact) mass is 438 g/mol. The van der Waals surface area contributed by atoms with Gasteiger partial charge in [0.2, 0.25) is 0 Å². The fourth-order valence-corrected chi connectivity index (χ4v) is 3.67. The van der Waals surface area contributed by atoms with Crippen LogP contribution in [0.2, 0.25) is 0 Å². The second-order valence-electron chi connectivity index (χ2n) is 8.47. The highest BCUT2D eigenvalue weighted by atomic mass is 16.8. The van der Waals surface area contributed by atoms with E-state index in [1.807, 2.05) is 0 Å². The van der Waals surface area contributed by atoms with Gasteiger partial charge in [0, 0.05) is 0 Å². The number of hydrogen-bond donors (Lipinski definition) is 3. The Labute approximate surface area is 183 Å². The highest BCUT2D eigenvalue weighted by Crippen LogP contribution is 2.33. The van der Waals surface area contributed by atoms with Gasteiger partial charge in [-0.1, -0.05) is 33.3 Å². The Morgan fingerprint density at radius 2 is 1.61 bits per heavy atom. The fraction of sp³-hybridized carbons (Fsp3) is 0.609. The number of carbonyl (C=O) groups excluding carboxylic acids is 1. The van der Waals surface area contributed by atoms with Crippen LogP contribution in [0.3, 0.4) is 0 Å². The first-order valence-corrected chi connectivity index (χ1v) is 10.5. The zero-order chi connectivity index (χ0) is 23.7. The minimum Gasteiger partial charge on any atom is -0.478 e. The summed E-state index contributed by atoms with van der Waals surface area (Å²) in [7, 11) is 0. The van der Waals surface area contributed by atoms with E-state index in [1.165, 1.54) is 38.0 Å². The van der Waals surface area contributed by atoms with E-state index in [0.29, 0.717) is 18.4 Å². The minimum atomic E-state index is -1.11. The Kier molecular flexibility index (Phi) is 10.5. The van der Waals surface area contributed by atoms with Crippen molar-refractivity contribution >= 4 is 18.1 Å². The topological polar surface area (TPSA) is 130 Å². The van der Waals surface area contributed by atoms with Gasteiger partial charge in [-0.3, -0.25) is 0 Å². The maximum Gasteiger partial charge on any atom is 0.508 e. The van der Waals surface area contributed by atoms with Crippen LogP contribution in [0, 0.1) is 24.7 Å². The Morgan fingerprint density at radius 3 is 1.94 bits per heavy atom. The van der Waals surface area contributed by atoms with Crippen LogP contribution in [0.5, 0.6) is 0 Å². The van der Waals surface area contributed by atoms with Gasteiger partial charge in [0.15, 0.2) is 0 Å². The standard InChI is InChI=1S/C10H20O.C9H8O4.C4H6O3/c1-7(2)9-5-4-8(3)6-10(9)11;1-5-6(8(10)11)3-2-4-7(5)9(12)13;1-3-2-6-4(5)7-3/h7-11H,4-6H2,1-3H3;2-4H,1H3,(H,10,11)(H,12,13);3H,2H2,1H3. The van der Waals surface area contributed by atoms with Crippen molar-refractivity contribution in [3.05, 3.63) is 34.9 Å². The molecule has 174 valence electrons. The lowest BCUT2D eigenvalue weighted by atomic mass is 9.75. The summed E-state index contributed by atoms with van der Waals surface area (Å²) >= 11 is 0. The molecule has 1 saturated carbocycles. The van der Waals surface area contributed by atoms with E-state index in [1.54, 1.807) is 6.92 Å². The minimum absolute atomic E-state index is 0.0277. The molecule has 1 aliphatic heterocycles. The SMILES string of the molecule is CC1CCC(C(C)C)C(O)C1.CC1COC(=O)O1.Cc1c(C(=O)O)cccc1C(=O)O. The lowest BCUT2D eigenvalue weighted by molar-refractivity contribution is 0.0265. The van der Waals surface area contributed by atoms with E-state index >= 15 is 0 Å². The zero-order valence-corrected chi connectivity index (χ0v) is 18.8. The number of aromatic carboxylic acids is 2. The number of aliphatic hydroxyl groups is 1. The van der Waals surface area contributed by atoms with E-state index < -0.39 is 18.1 Å². The highest BCUT2D eigenvalue weighted by molar-refractivity contribution is 5.96. The molecule has 2 aliphatic rings. The molecule has 0 spiro atoms. The third kappa shape index (κ3) is 8.57. The Hall–Kier alpha value is -2.61. The molecule has 31 heavy (non-hydrogen) atoms. The van der Waals surface area contributed by atoms with Gasteiger partial charge < -0.3 is 24.8 Å². The first kappa shape index (κ1) is 26.4. The molecule has 1 heterocycles. The van der Waals surface area contributed by atoms with Crippen molar-refractivity contribution in [1.82, 2.24) is 0 Å². The van der Waals surface area contributed by atoms with E-state index in [-0.39, 0.29) is 28.9 Å². The zero-order valence-electron chi connectivity index (χ0n) is 18.8. The van der Waals surface area contributed by atoms with E-state index in [2.05, 4.69) is 30.2 Å². The van der Waals surface area contributed by atoms with Crippen LogP contribution in [-0.2, 0) is 9.47 Å². The van der Waals surface area contributed by atoms with Gasteiger partial charge in [0.1, 0.15) is 12.7 Å². The molecule has 0 aromatic heterocycles. The molecule has 1 aromatic rings. The van der Waals surface area contributed by atoms with Crippen LogP contribution in [-0.4, -0.2) is 52.2 Å². The smallest absolute Gasteiger partial charge is 0.478 e. The predicted molar refractivity (Wildman–Crippen MR) is 114 cm³/mol. The normalized spacial score (nSPS) is 24.7. The van der Waals surface area contributed by atoms with Crippen LogP contribution < -0.4 is 0 Å². The predicted octanol–water partition coefficient (Wildman–Crippen LogP) is 4.37. The highest BCUT2D eigenvalue weighted by Gasteiger charge is 2.28. The molecule has 1 saturated heterocycles. The number of hydrogen-bond acceptors (Lipinski definition) is 6. The third-order valence-electron chi connectivity index (χ3n) is 5.52. The summed E-state index contributed by atoms with van der Waals surface area (Å²) in [6, 6.07) is 4.17. The molecule has 3 N–H and O–H groups in total. The maximum atomic E-state index is 10.6. The maximum absolute atomic E-state index is 10.6. The average molecular weight is 439 g/mol. The van der Waals surface area contributed by atoms with E-state index in [4.69, 9.17) is 10.2 Å². The van der Waals surface area contributed by atoms with Gasteiger partial charge >= 0.3 is 18.1 Å². The van der Waals surface area contributed by atoms with Crippen molar-refractivity contribution < 1.29 is 39.2 Å². The summed E-state index contributed by atoms with van der Waals surface area (Å²) in [4.78, 5) is 31.2. The van der Waals surface area contributed by atoms with Crippen LogP contribution in [0.1, 0.15) is 73.2 Å². The molecule has 0 bridgehead atoms. The van der Waals surface area contributed by atoms with Crippen LogP contribution >= 0.6 is 0 Å². The summed E-state index contributed by atoms with van der Waals surface area (Å²) in [5.74, 6) is -0.273. The number of cyclic esters (lactones) is 2. The summed E-state index contributed by atoms with van der Waals surface area (Å²) < 4.78 is 8.90. The summed E-state index contributed by atoms with van der Waals surface area (Å²) in [6.07, 6.45) is 2.92. The van der Waals surface area contributed by atoms with Crippen molar-refractivity contribution in [3.8, 4) is 0 Å². The van der Waals surface area contributed by atoms with Gasteiger partial charge in [0.05, 0.1) is 17.2 Å². The number of carbonyl (C=O) groups is 3. The van der Waals surface area contributed by atoms with Gasteiger partial charge in [0.25, 0.3) is 0 Å². The number of carboxylic acids is 2. The van der Waals surface area contributed by atoms with Crippen LogP contribution in [0.25, 0.3) is 0 Å². The van der Waals surface area contributed by atoms with Crippen LogP contribution in [0.15, 0.2) is 18.2 Å². The summed E-state index contributed by atoms with van der Waals surface area (Å²) in [5, 5.41) is 27.1. The molecule has 1 aliphatic carbocycles. The van der Waals surface area contributed by atoms with Crippen molar-refractivity contribution in [2.45, 2.75) is 66.1 Å². The molecule has 8 heteroatoms. The van der Waals surface area contributed by atoms with Crippen molar-refractivity contribution in [2.24, 2.45) is 17.8 Å². The van der Waals surface area contributed by atoms with E-state index in [0.717, 1.165) is 12.3 Å². The van der Waals surface area contributed by atoms with Crippen molar-refractivity contribution in [2.75, 3.05) is 6.61 Å². The Bertz CT molecular complexity index is 726. The molecule has 8 nitrogen and oxygen atoms in total. The van der Waals surface area contributed by atoms with Gasteiger partial charge in [-0.25, -0.2) is 14.4 Å². The Morgan fingerprint density at radius 1 is 1.06 bits per heavy atom. The third-order valence-corrected chi connectivity index (χ3v) is 5.52. The summed E-state index contributed by atoms with van der Waals surface area (Å²) in [6.45, 7) is 10.3. The number of aliphatic hydroxyl groups excluding tert-OH is 1. The Balaban J connectivity index is 0.000000242. The van der Waals surface area contributed by atoms with Crippen LogP contribution in [0.4, 0.5) is 4.79 Å². The lowest BCUT2D eigenvalue weighted by Gasteiger charge is -2.33. The van der Waals surface area contributed by atoms with Gasteiger partial charge in [-0.2, -0.15) is 0 Å². The van der Waals surface area contributed by atoms with Crippen molar-refractivity contribution in [1.29, 1.82) is 0 Å². The fourth-order valence-electron chi connectivity index (χ4n) is 3.67. The first-order valence-electron chi connectivity index (χ1n) is 10.5. The second-order valence-corrected chi connectivity index (χ2v) is 8.47. The van der Waals surface area contributed by atoms with E-state index in [9.17, 15) is 19.5 Å². The molecular weight excluding hydrogens is 404 g/mol. The molecular formula is C23H34O8. The van der Waals surface area contributed by atoms with Gasteiger partial charge in [-0.05, 0) is 62.1 Å². The molecule has 0 amide bonds. The van der Waals surface area contributed by atoms with Gasteiger partial charge in [-0.15, -0.1) is 0 Å². The number of benzene rings is 1. The largest absolute Gasteiger partial charge is 0.508 e. The quantitative estimate of drug-likeness (QED) is 0.593. The molecule has 1 aromatic carbocycles.